The fourth-order valence-electron chi connectivity index (χ4n) is 1.17. The number of anilines is 1. The Balaban J connectivity index is 2.56. The summed E-state index contributed by atoms with van der Waals surface area (Å²) >= 11 is 0. The molecule has 0 saturated heterocycles. The van der Waals surface area contributed by atoms with Gasteiger partial charge in [0.05, 0.1) is 6.10 Å². The lowest BCUT2D eigenvalue weighted by Gasteiger charge is -2.09. The number of aliphatic hydroxyl groups is 1. The van der Waals surface area contributed by atoms with Crippen LogP contribution in [0.1, 0.15) is 19.4 Å². The molecule has 0 heterocycles. The van der Waals surface area contributed by atoms with Crippen molar-refractivity contribution in [1.82, 2.24) is 0 Å². The summed E-state index contributed by atoms with van der Waals surface area (Å²) in [4.78, 5) is 0. The lowest BCUT2D eigenvalue weighted by molar-refractivity contribution is 0.208. The van der Waals surface area contributed by atoms with Crippen LogP contribution in [0.5, 0.6) is 0 Å². The van der Waals surface area contributed by atoms with Gasteiger partial charge in [-0.2, -0.15) is 0 Å². The second kappa shape index (κ2) is 4.87. The first kappa shape index (κ1) is 10.1. The average Bonchev–Trinajstić information content (AvgIpc) is 2.15. The molecule has 0 amide bonds. The van der Waals surface area contributed by atoms with Crippen molar-refractivity contribution < 1.29 is 5.11 Å². The highest BCUT2D eigenvalue weighted by molar-refractivity contribution is 5.45. The van der Waals surface area contributed by atoms with Gasteiger partial charge in [0, 0.05) is 12.2 Å². The number of rotatable bonds is 4. The van der Waals surface area contributed by atoms with E-state index in [0.717, 1.165) is 12.1 Å². The maximum atomic E-state index is 9.08. The standard InChI is InChI=1S/C11H17NO/c1-3-10-5-4-6-11(7-10)12-8-9(2)13/h4-7,9,12-13H,3,8H2,1-2H3/t9-/m1/s1. The predicted octanol–water partition coefficient (Wildman–Crippen LogP) is 2.04. The Labute approximate surface area is 79.6 Å². The third kappa shape index (κ3) is 3.47. The molecule has 72 valence electrons. The third-order valence-electron chi connectivity index (χ3n) is 1.94. The van der Waals surface area contributed by atoms with Crippen LogP contribution in [0.15, 0.2) is 24.3 Å². The second-order valence-corrected chi connectivity index (χ2v) is 3.28. The van der Waals surface area contributed by atoms with E-state index < -0.39 is 0 Å². The van der Waals surface area contributed by atoms with Gasteiger partial charge in [-0.25, -0.2) is 0 Å². The van der Waals surface area contributed by atoms with Crippen LogP contribution in [0.25, 0.3) is 0 Å². The topological polar surface area (TPSA) is 32.3 Å². The van der Waals surface area contributed by atoms with Crippen molar-refractivity contribution in [2.45, 2.75) is 26.4 Å². The van der Waals surface area contributed by atoms with Crippen LogP contribution in [0.3, 0.4) is 0 Å². The maximum Gasteiger partial charge on any atom is 0.0684 e. The molecule has 1 atom stereocenters. The van der Waals surface area contributed by atoms with Gasteiger partial charge >= 0.3 is 0 Å². The first-order valence-corrected chi connectivity index (χ1v) is 4.73. The number of hydrogen-bond acceptors (Lipinski definition) is 2. The normalized spacial score (nSPS) is 12.5. The zero-order valence-corrected chi connectivity index (χ0v) is 8.25. The summed E-state index contributed by atoms with van der Waals surface area (Å²) in [6, 6.07) is 8.26. The van der Waals surface area contributed by atoms with Crippen molar-refractivity contribution in [2.24, 2.45) is 0 Å². The van der Waals surface area contributed by atoms with Gasteiger partial charge in [0.2, 0.25) is 0 Å². The van der Waals surface area contributed by atoms with Crippen molar-refractivity contribution in [2.75, 3.05) is 11.9 Å². The van der Waals surface area contributed by atoms with Crippen molar-refractivity contribution in [3.05, 3.63) is 29.8 Å². The van der Waals surface area contributed by atoms with E-state index in [4.69, 9.17) is 5.11 Å². The van der Waals surface area contributed by atoms with Crippen LogP contribution in [-0.2, 0) is 6.42 Å². The van der Waals surface area contributed by atoms with Crippen molar-refractivity contribution in [3.63, 3.8) is 0 Å². The lowest BCUT2D eigenvalue weighted by Crippen LogP contribution is -2.15. The minimum atomic E-state index is -0.301. The first-order chi connectivity index (χ1) is 6.22. The van der Waals surface area contributed by atoms with Crippen LogP contribution in [-0.4, -0.2) is 17.8 Å². The molecule has 2 nitrogen and oxygen atoms in total. The summed E-state index contributed by atoms with van der Waals surface area (Å²) in [5.41, 5.74) is 2.40. The summed E-state index contributed by atoms with van der Waals surface area (Å²) in [7, 11) is 0. The van der Waals surface area contributed by atoms with Gasteiger partial charge in [0.15, 0.2) is 0 Å². The maximum absolute atomic E-state index is 9.08. The summed E-state index contributed by atoms with van der Waals surface area (Å²) < 4.78 is 0. The molecule has 2 N–H and O–H groups in total. The van der Waals surface area contributed by atoms with E-state index in [1.807, 2.05) is 12.1 Å². The smallest absolute Gasteiger partial charge is 0.0684 e. The number of benzene rings is 1. The van der Waals surface area contributed by atoms with Gasteiger partial charge < -0.3 is 10.4 Å². The molecule has 0 aromatic heterocycles. The molecule has 1 aromatic carbocycles. The highest BCUT2D eigenvalue weighted by atomic mass is 16.3. The molecule has 0 aliphatic carbocycles. The Morgan fingerprint density at radius 3 is 2.85 bits per heavy atom. The second-order valence-electron chi connectivity index (χ2n) is 3.28. The summed E-state index contributed by atoms with van der Waals surface area (Å²) in [6.07, 6.45) is 0.745. The highest BCUT2D eigenvalue weighted by Crippen LogP contribution is 2.10. The van der Waals surface area contributed by atoms with E-state index in [2.05, 4.69) is 24.4 Å². The Kier molecular flexibility index (Phi) is 3.77. The zero-order chi connectivity index (χ0) is 9.68. The van der Waals surface area contributed by atoms with E-state index >= 15 is 0 Å². The Morgan fingerprint density at radius 2 is 2.23 bits per heavy atom. The number of aliphatic hydroxyl groups excluding tert-OH is 1. The van der Waals surface area contributed by atoms with Crippen molar-refractivity contribution in [1.29, 1.82) is 0 Å². The Morgan fingerprint density at radius 1 is 1.46 bits per heavy atom. The summed E-state index contributed by atoms with van der Waals surface area (Å²) in [5, 5.41) is 12.2. The van der Waals surface area contributed by atoms with Gasteiger partial charge in [0.25, 0.3) is 0 Å². The Bertz CT molecular complexity index is 258. The quantitative estimate of drug-likeness (QED) is 0.741. The number of nitrogens with one attached hydrogen (secondary N) is 1. The van der Waals surface area contributed by atoms with E-state index in [1.165, 1.54) is 5.56 Å². The van der Waals surface area contributed by atoms with Gasteiger partial charge in [-0.05, 0) is 31.0 Å². The molecule has 0 radical (unpaired) electrons. The number of aryl methyl sites for hydroxylation is 1. The van der Waals surface area contributed by atoms with Crippen LogP contribution < -0.4 is 5.32 Å². The number of hydrogen-bond donors (Lipinski definition) is 2. The fraction of sp³-hybridized carbons (Fsp3) is 0.455. The molecular formula is C11H17NO. The minimum absolute atomic E-state index is 0.301. The molecule has 13 heavy (non-hydrogen) atoms. The highest BCUT2D eigenvalue weighted by Gasteiger charge is 1.96. The molecular weight excluding hydrogens is 162 g/mol. The molecule has 0 bridgehead atoms. The molecule has 0 aliphatic rings. The van der Waals surface area contributed by atoms with Crippen LogP contribution in [0, 0.1) is 0 Å². The van der Waals surface area contributed by atoms with Crippen LogP contribution >= 0.6 is 0 Å². The van der Waals surface area contributed by atoms with Crippen molar-refractivity contribution >= 4 is 5.69 Å². The van der Waals surface area contributed by atoms with E-state index in [-0.39, 0.29) is 6.10 Å². The molecule has 0 unspecified atom stereocenters. The Hall–Kier alpha value is -1.02. The zero-order valence-electron chi connectivity index (χ0n) is 8.25. The van der Waals surface area contributed by atoms with Gasteiger partial charge in [-0.1, -0.05) is 19.1 Å². The predicted molar refractivity (Wildman–Crippen MR) is 56.0 cm³/mol. The first-order valence-electron chi connectivity index (χ1n) is 4.73. The van der Waals surface area contributed by atoms with Crippen molar-refractivity contribution in [3.8, 4) is 0 Å². The molecule has 0 spiro atoms. The summed E-state index contributed by atoms with van der Waals surface area (Å²) in [6.45, 7) is 4.51. The molecule has 0 aliphatic heterocycles. The molecule has 1 aromatic rings. The molecule has 2 heteroatoms. The van der Waals surface area contributed by atoms with E-state index in [0.29, 0.717) is 6.54 Å². The fourth-order valence-corrected chi connectivity index (χ4v) is 1.17. The third-order valence-corrected chi connectivity index (χ3v) is 1.94. The average molecular weight is 179 g/mol. The van der Waals surface area contributed by atoms with E-state index in [1.54, 1.807) is 6.92 Å². The van der Waals surface area contributed by atoms with Gasteiger partial charge in [-0.3, -0.25) is 0 Å². The molecule has 0 saturated carbocycles. The minimum Gasteiger partial charge on any atom is -0.392 e. The van der Waals surface area contributed by atoms with Gasteiger partial charge in [0.1, 0.15) is 0 Å². The van der Waals surface area contributed by atoms with E-state index in [9.17, 15) is 0 Å². The summed E-state index contributed by atoms with van der Waals surface area (Å²) in [5.74, 6) is 0. The molecule has 0 fully saturated rings. The molecule has 1 rings (SSSR count). The monoisotopic (exact) mass is 179 g/mol. The van der Waals surface area contributed by atoms with Crippen LogP contribution in [0.2, 0.25) is 0 Å². The SMILES string of the molecule is CCc1cccc(NC[C@@H](C)O)c1. The lowest BCUT2D eigenvalue weighted by atomic mass is 10.1. The van der Waals surface area contributed by atoms with Gasteiger partial charge in [-0.15, -0.1) is 0 Å². The largest absolute Gasteiger partial charge is 0.392 e. The van der Waals surface area contributed by atoms with Crippen LogP contribution in [0.4, 0.5) is 5.69 Å².